The van der Waals surface area contributed by atoms with Gasteiger partial charge >= 0.3 is 0 Å². The molecule has 3 aromatic carbocycles. The quantitative estimate of drug-likeness (QED) is 0.253. The van der Waals surface area contributed by atoms with Gasteiger partial charge in [0.15, 0.2) is 0 Å². The van der Waals surface area contributed by atoms with E-state index < -0.39 is 0 Å². The third kappa shape index (κ3) is 3.18. The number of rotatable bonds is 5. The van der Waals surface area contributed by atoms with Crippen molar-refractivity contribution in [3.63, 3.8) is 0 Å². The van der Waals surface area contributed by atoms with E-state index in [4.69, 9.17) is 9.40 Å². The fraction of sp³-hybridized carbons (Fsp3) is 0. The minimum absolute atomic E-state index is 0.844. The maximum Gasteiger partial charge on any atom is 0.135 e. The smallest absolute Gasteiger partial charge is 0.135 e. The average Bonchev–Trinajstić information content (AvgIpc) is 3.48. The summed E-state index contributed by atoms with van der Waals surface area (Å²) < 4.78 is 8.05. The largest absolute Gasteiger partial charge is 0.464 e. The normalized spacial score (nSPS) is 11.9. The van der Waals surface area contributed by atoms with Crippen LogP contribution in [-0.2, 0) is 0 Å². The Morgan fingerprint density at radius 2 is 1.65 bits per heavy atom. The van der Waals surface area contributed by atoms with Crippen molar-refractivity contribution in [2.45, 2.75) is 0 Å². The lowest BCUT2D eigenvalue weighted by molar-refractivity contribution is 0.616. The number of fused-ring (bicyclic) bond motifs is 4. The molecule has 162 valence electrons. The van der Waals surface area contributed by atoms with Crippen LogP contribution in [-0.4, -0.2) is 9.55 Å². The number of para-hydroxylation sites is 1. The second-order valence-corrected chi connectivity index (χ2v) is 8.20. The summed E-state index contributed by atoms with van der Waals surface area (Å²) in [5.74, 6) is 0. The summed E-state index contributed by atoms with van der Waals surface area (Å²) in [6.45, 7) is 7.87. The molecule has 0 aliphatic rings. The van der Waals surface area contributed by atoms with Crippen molar-refractivity contribution in [2.24, 2.45) is 0 Å². The molecule has 3 heteroatoms. The van der Waals surface area contributed by atoms with Gasteiger partial charge in [-0.1, -0.05) is 79.9 Å². The maximum absolute atomic E-state index is 5.76. The first-order valence-corrected chi connectivity index (χ1v) is 11.2. The summed E-state index contributed by atoms with van der Waals surface area (Å²) >= 11 is 0. The Morgan fingerprint density at radius 3 is 2.47 bits per heavy atom. The van der Waals surface area contributed by atoms with Gasteiger partial charge in [-0.3, -0.25) is 0 Å². The van der Waals surface area contributed by atoms with E-state index >= 15 is 0 Å². The topological polar surface area (TPSA) is 31.0 Å². The molecule has 3 nitrogen and oxygen atoms in total. The zero-order chi connectivity index (χ0) is 23.1. The van der Waals surface area contributed by atoms with E-state index in [1.165, 1.54) is 10.8 Å². The highest BCUT2D eigenvalue weighted by molar-refractivity contribution is 6.13. The predicted octanol–water partition coefficient (Wildman–Crippen LogP) is 8.35. The number of aromatic nitrogens is 2. The Balaban J connectivity index is 1.72. The zero-order valence-electron chi connectivity index (χ0n) is 18.6. The van der Waals surface area contributed by atoms with Gasteiger partial charge in [-0.2, -0.15) is 0 Å². The summed E-state index contributed by atoms with van der Waals surface area (Å²) in [5.41, 5.74) is 7.84. The second kappa shape index (κ2) is 8.05. The Bertz CT molecular complexity index is 1730. The number of hydrogen-bond donors (Lipinski definition) is 0. The molecule has 0 saturated carbocycles. The van der Waals surface area contributed by atoms with Gasteiger partial charge in [0.25, 0.3) is 0 Å². The van der Waals surface area contributed by atoms with E-state index in [1.807, 2.05) is 36.4 Å². The molecule has 0 spiro atoms. The Hall–Kier alpha value is -4.63. The van der Waals surface area contributed by atoms with Gasteiger partial charge in [0, 0.05) is 27.8 Å². The van der Waals surface area contributed by atoms with Gasteiger partial charge in [0.2, 0.25) is 0 Å². The Labute approximate surface area is 197 Å². The second-order valence-electron chi connectivity index (χ2n) is 8.20. The first-order chi connectivity index (χ1) is 16.8. The summed E-state index contributed by atoms with van der Waals surface area (Å²) in [5, 5.41) is 3.49. The number of benzene rings is 3. The summed E-state index contributed by atoms with van der Waals surface area (Å²) in [6.07, 6.45) is 7.26. The highest BCUT2D eigenvalue weighted by Crippen LogP contribution is 2.36. The van der Waals surface area contributed by atoms with Gasteiger partial charge in [-0.15, -0.1) is 0 Å². The van der Waals surface area contributed by atoms with Crippen LogP contribution in [0.4, 0.5) is 0 Å². The van der Waals surface area contributed by atoms with Crippen molar-refractivity contribution in [1.29, 1.82) is 0 Å². The van der Waals surface area contributed by atoms with E-state index in [2.05, 4.69) is 78.4 Å². The highest BCUT2D eigenvalue weighted by Gasteiger charge is 2.16. The molecule has 0 fully saturated rings. The molecular weight excluding hydrogens is 416 g/mol. The molecule has 0 saturated heterocycles. The molecule has 0 bridgehead atoms. The zero-order valence-corrected chi connectivity index (χ0v) is 18.6. The molecule has 0 N–H and O–H groups in total. The average molecular weight is 439 g/mol. The van der Waals surface area contributed by atoms with Crippen LogP contribution in [0.1, 0.15) is 5.69 Å². The highest BCUT2D eigenvalue weighted by atomic mass is 16.3. The van der Waals surface area contributed by atoms with Gasteiger partial charge in [0.1, 0.15) is 5.58 Å². The Kier molecular flexibility index (Phi) is 4.74. The van der Waals surface area contributed by atoms with Crippen LogP contribution < -0.4 is 0 Å². The Morgan fingerprint density at radius 1 is 0.824 bits per heavy atom. The fourth-order valence-electron chi connectivity index (χ4n) is 4.64. The molecule has 3 aromatic heterocycles. The van der Waals surface area contributed by atoms with Gasteiger partial charge in [0.05, 0.1) is 34.4 Å². The van der Waals surface area contributed by atoms with Crippen LogP contribution in [0.3, 0.4) is 0 Å². The summed E-state index contributed by atoms with van der Waals surface area (Å²) in [7, 11) is 0. The molecule has 0 amide bonds. The van der Waals surface area contributed by atoms with Crippen LogP contribution >= 0.6 is 0 Å². The van der Waals surface area contributed by atoms with Crippen molar-refractivity contribution in [1.82, 2.24) is 9.55 Å². The first-order valence-electron chi connectivity index (χ1n) is 11.2. The molecule has 3 heterocycles. The predicted molar refractivity (Wildman–Crippen MR) is 142 cm³/mol. The minimum Gasteiger partial charge on any atom is -0.464 e. The molecule has 0 aliphatic carbocycles. The fourth-order valence-corrected chi connectivity index (χ4v) is 4.64. The molecular formula is C31H22N2O. The molecule has 34 heavy (non-hydrogen) atoms. The van der Waals surface area contributed by atoms with Crippen LogP contribution in [0.25, 0.3) is 55.3 Å². The molecule has 6 aromatic rings. The minimum atomic E-state index is 0.844. The monoisotopic (exact) mass is 438 g/mol. The number of allylic oxidation sites excluding steroid dienone is 4. The molecule has 0 radical (unpaired) electrons. The van der Waals surface area contributed by atoms with E-state index in [0.29, 0.717) is 0 Å². The van der Waals surface area contributed by atoms with E-state index in [9.17, 15) is 0 Å². The third-order valence-corrected chi connectivity index (χ3v) is 6.20. The maximum atomic E-state index is 5.76. The van der Waals surface area contributed by atoms with Gasteiger partial charge in [-0.05, 0) is 35.9 Å². The van der Waals surface area contributed by atoms with Crippen LogP contribution in [0.5, 0.6) is 0 Å². The van der Waals surface area contributed by atoms with Crippen LogP contribution in [0, 0.1) is 0 Å². The van der Waals surface area contributed by atoms with Crippen molar-refractivity contribution in [2.75, 3.05) is 0 Å². The van der Waals surface area contributed by atoms with E-state index in [-0.39, 0.29) is 0 Å². The third-order valence-electron chi connectivity index (χ3n) is 6.20. The number of nitrogens with zero attached hydrogens (tertiary/aromatic N) is 2. The SMILES string of the molecule is C=CC=C(C=C)c1cc(-n2c3ccccc3c3cc4ccoc4cc32)cc(-c2ccccc2)n1. The van der Waals surface area contributed by atoms with Crippen molar-refractivity contribution >= 4 is 38.3 Å². The van der Waals surface area contributed by atoms with Gasteiger partial charge in [-0.25, -0.2) is 4.98 Å². The number of hydrogen-bond acceptors (Lipinski definition) is 2. The van der Waals surface area contributed by atoms with E-state index in [0.717, 1.165) is 50.2 Å². The summed E-state index contributed by atoms with van der Waals surface area (Å²) in [4.78, 5) is 4.99. The molecule has 0 aliphatic heterocycles. The molecule has 0 unspecified atom stereocenters. The van der Waals surface area contributed by atoms with Crippen LogP contribution in [0.15, 0.2) is 127 Å². The van der Waals surface area contributed by atoms with Crippen molar-refractivity contribution in [3.05, 3.63) is 128 Å². The summed E-state index contributed by atoms with van der Waals surface area (Å²) in [6, 6.07) is 29.3. The van der Waals surface area contributed by atoms with Crippen LogP contribution in [0.2, 0.25) is 0 Å². The molecule has 6 rings (SSSR count). The molecule has 0 atom stereocenters. The van der Waals surface area contributed by atoms with Gasteiger partial charge < -0.3 is 8.98 Å². The van der Waals surface area contributed by atoms with E-state index in [1.54, 1.807) is 12.3 Å². The lowest BCUT2D eigenvalue weighted by Gasteiger charge is -2.13. The van der Waals surface area contributed by atoms with Crippen molar-refractivity contribution in [3.8, 4) is 16.9 Å². The lowest BCUT2D eigenvalue weighted by Crippen LogP contribution is -1.99. The standard InChI is InChI=1S/C31H22N2O/c1-3-10-21(4-2)27-18-24(19-28(32-27)22-11-6-5-7-12-22)33-29-14-9-8-13-25(29)26-17-23-15-16-34-31(23)20-30(26)33/h3-20H,1-2H2. The first kappa shape index (κ1) is 20.0. The number of pyridine rings is 1. The lowest BCUT2D eigenvalue weighted by atomic mass is 10.1. The number of furan rings is 1. The van der Waals surface area contributed by atoms with Crippen molar-refractivity contribution < 1.29 is 4.42 Å².